The van der Waals surface area contributed by atoms with Crippen LogP contribution in [0.4, 0.5) is 37.8 Å². The van der Waals surface area contributed by atoms with E-state index >= 15 is 4.39 Å². The van der Waals surface area contributed by atoms with Gasteiger partial charge in [-0.3, -0.25) is 15.0 Å². The van der Waals surface area contributed by atoms with Gasteiger partial charge in [0.25, 0.3) is 0 Å². The van der Waals surface area contributed by atoms with E-state index in [2.05, 4.69) is 58.9 Å². The molecule has 16 heteroatoms. The minimum absolute atomic E-state index is 0.0803. The highest BCUT2D eigenvalue weighted by atomic mass is 19.1. The van der Waals surface area contributed by atoms with Crippen LogP contribution in [0.15, 0.2) is 67.0 Å². The van der Waals surface area contributed by atoms with E-state index in [1.54, 1.807) is 29.3 Å². The first-order chi connectivity index (χ1) is 31.6. The number of amides is 3. The lowest BCUT2D eigenvalue weighted by Gasteiger charge is -2.47. The third-order valence-corrected chi connectivity index (χ3v) is 15.4. The second kappa shape index (κ2) is 16.8. The zero-order valence-corrected chi connectivity index (χ0v) is 37.0. The van der Waals surface area contributed by atoms with Crippen LogP contribution in [0.3, 0.4) is 0 Å². The molecule has 3 aromatic heterocycles. The molecule has 6 aliphatic heterocycles. The Morgan fingerprint density at radius 3 is 2.38 bits per heavy atom. The summed E-state index contributed by atoms with van der Waals surface area (Å²) in [5, 5.41) is 22.4. The number of ether oxygens (including phenoxy) is 1. The molecule has 340 valence electrons. The number of imide groups is 1. The van der Waals surface area contributed by atoms with Crippen LogP contribution in [-0.4, -0.2) is 118 Å². The van der Waals surface area contributed by atoms with Crippen molar-refractivity contribution in [3.63, 3.8) is 0 Å². The summed E-state index contributed by atoms with van der Waals surface area (Å²) >= 11 is 0. The number of aryl methyl sites for hydroxylation is 1. The van der Waals surface area contributed by atoms with Crippen molar-refractivity contribution in [1.82, 2.24) is 30.0 Å². The number of carbonyl (C=O) groups is 2. The average Bonchev–Trinajstić information content (AvgIpc) is 3.78. The molecule has 2 bridgehead atoms. The molecule has 65 heavy (non-hydrogen) atoms. The summed E-state index contributed by atoms with van der Waals surface area (Å²) in [6.07, 6.45) is 12.5. The number of hydrogen-bond acceptors (Lipinski definition) is 12. The molecule has 5 aromatic rings. The number of halogens is 1. The van der Waals surface area contributed by atoms with Gasteiger partial charge in [0, 0.05) is 93.7 Å². The van der Waals surface area contributed by atoms with Crippen molar-refractivity contribution >= 4 is 51.5 Å². The number of nitrogens with one attached hydrogen (secondary N) is 1. The van der Waals surface area contributed by atoms with Gasteiger partial charge in [0.05, 0.1) is 47.2 Å². The monoisotopic (exact) mass is 883 g/mol. The smallest absolute Gasteiger partial charge is 0.328 e. The van der Waals surface area contributed by atoms with E-state index in [9.17, 15) is 14.7 Å². The first-order valence-corrected chi connectivity index (χ1v) is 23.5. The van der Waals surface area contributed by atoms with Gasteiger partial charge in [-0.15, -0.1) is 10.2 Å². The summed E-state index contributed by atoms with van der Waals surface area (Å²) in [7, 11) is 0. The Hall–Kier alpha value is -6.00. The molecule has 0 radical (unpaired) electrons. The molecule has 9 heterocycles. The van der Waals surface area contributed by atoms with E-state index in [1.165, 1.54) is 0 Å². The number of piperazine rings is 1. The molecule has 6 saturated heterocycles. The number of aromatic nitrogens is 4. The van der Waals surface area contributed by atoms with Crippen LogP contribution in [0.2, 0.25) is 0 Å². The zero-order chi connectivity index (χ0) is 44.4. The fourth-order valence-corrected chi connectivity index (χ4v) is 11.7. The number of para-hydroxylation sites is 1. The molecule has 0 aliphatic carbocycles. The topological polar surface area (TPSA) is 161 Å². The molecular formula is C49H58FN11O4. The molecule has 6 fully saturated rings. The van der Waals surface area contributed by atoms with Crippen molar-refractivity contribution in [2.24, 2.45) is 5.92 Å². The number of aromatic hydroxyl groups is 1. The number of carbonyl (C=O) groups excluding carboxylic acids is 2. The molecule has 6 aliphatic rings. The maximum absolute atomic E-state index is 15.6. The number of piperidine rings is 2. The van der Waals surface area contributed by atoms with Crippen LogP contribution in [0.1, 0.15) is 69.4 Å². The number of hydrogen-bond donors (Lipinski definition) is 3. The van der Waals surface area contributed by atoms with Gasteiger partial charge in [-0.05, 0) is 112 Å². The minimum Gasteiger partial charge on any atom is -0.507 e. The minimum atomic E-state index is -0.402. The number of urea groups is 1. The first-order valence-electron chi connectivity index (χ1n) is 23.5. The van der Waals surface area contributed by atoms with E-state index in [0.29, 0.717) is 47.5 Å². The fourth-order valence-electron chi connectivity index (χ4n) is 11.7. The molecule has 0 saturated carbocycles. The Morgan fingerprint density at radius 2 is 1.65 bits per heavy atom. The van der Waals surface area contributed by atoms with Crippen LogP contribution < -0.4 is 30.7 Å². The van der Waals surface area contributed by atoms with E-state index in [-0.39, 0.29) is 47.6 Å². The predicted molar refractivity (Wildman–Crippen MR) is 249 cm³/mol. The number of pyridine rings is 1. The van der Waals surface area contributed by atoms with Crippen LogP contribution in [0.5, 0.6) is 5.75 Å². The Kier molecular flexibility index (Phi) is 10.8. The normalized spacial score (nSPS) is 24.1. The van der Waals surface area contributed by atoms with Crippen LogP contribution >= 0.6 is 0 Å². The lowest BCUT2D eigenvalue weighted by molar-refractivity contribution is -0.126. The average molecular weight is 884 g/mol. The van der Waals surface area contributed by atoms with Gasteiger partial charge in [-0.1, -0.05) is 12.1 Å². The quantitative estimate of drug-likeness (QED) is 0.153. The van der Waals surface area contributed by atoms with Gasteiger partial charge in [-0.25, -0.2) is 14.2 Å². The molecule has 11 rings (SSSR count). The van der Waals surface area contributed by atoms with Crippen LogP contribution in [-0.2, 0) is 9.53 Å². The van der Waals surface area contributed by atoms with Gasteiger partial charge in [0.2, 0.25) is 5.91 Å². The Labute approximate surface area is 378 Å². The summed E-state index contributed by atoms with van der Waals surface area (Å²) in [5.74, 6) is 0.710. The number of phenolic OH excluding ortho intramolecular Hbond substituents is 1. The maximum Gasteiger partial charge on any atom is 0.328 e. The summed E-state index contributed by atoms with van der Waals surface area (Å²) < 4.78 is 24.7. The van der Waals surface area contributed by atoms with Crippen molar-refractivity contribution in [1.29, 1.82) is 0 Å². The van der Waals surface area contributed by atoms with Crippen molar-refractivity contribution in [2.75, 3.05) is 84.3 Å². The van der Waals surface area contributed by atoms with E-state index in [0.717, 1.165) is 125 Å². The Morgan fingerprint density at radius 1 is 0.862 bits per heavy atom. The number of rotatable bonds is 8. The number of likely N-dealkylation sites (tertiary alicyclic amines) is 1. The van der Waals surface area contributed by atoms with Gasteiger partial charge in [-0.2, -0.15) is 0 Å². The molecule has 1 spiro atoms. The highest BCUT2D eigenvalue weighted by Gasteiger charge is 2.43. The van der Waals surface area contributed by atoms with Crippen molar-refractivity contribution in [3.8, 4) is 17.0 Å². The largest absolute Gasteiger partial charge is 0.507 e. The zero-order valence-electron chi connectivity index (χ0n) is 37.0. The van der Waals surface area contributed by atoms with Crippen molar-refractivity contribution in [3.05, 3.63) is 78.4 Å². The van der Waals surface area contributed by atoms with Gasteiger partial charge in [0.1, 0.15) is 17.2 Å². The summed E-state index contributed by atoms with van der Waals surface area (Å²) in [6.45, 7) is 9.46. The predicted octanol–water partition coefficient (Wildman–Crippen LogP) is 6.64. The summed E-state index contributed by atoms with van der Waals surface area (Å²) in [6, 6.07) is 17.1. The number of phenols is 1. The lowest BCUT2D eigenvalue weighted by atomic mass is 9.83. The maximum atomic E-state index is 15.6. The highest BCUT2D eigenvalue weighted by molar-refractivity contribution is 6.06. The molecule has 4 N–H and O–H groups in total. The number of nitrogens with two attached hydrogens (primary N) is 1. The first kappa shape index (κ1) is 41.7. The number of anilines is 5. The number of benzene rings is 2. The fraction of sp³-hybridized carbons (Fsp3) is 0.490. The van der Waals surface area contributed by atoms with Crippen molar-refractivity contribution in [2.45, 2.75) is 88.4 Å². The van der Waals surface area contributed by atoms with Gasteiger partial charge >= 0.3 is 6.03 Å². The summed E-state index contributed by atoms with van der Waals surface area (Å²) in [5.41, 5.74) is 12.8. The van der Waals surface area contributed by atoms with Crippen LogP contribution in [0.25, 0.3) is 22.3 Å². The Balaban J connectivity index is 0.668. The van der Waals surface area contributed by atoms with Crippen molar-refractivity contribution < 1.29 is 23.8 Å². The van der Waals surface area contributed by atoms with Crippen LogP contribution in [0, 0.1) is 18.7 Å². The number of fused-ring (bicyclic) bond motifs is 3. The molecule has 3 atom stereocenters. The third-order valence-electron chi connectivity index (χ3n) is 15.4. The molecule has 2 unspecified atom stereocenters. The van der Waals surface area contributed by atoms with Gasteiger partial charge in [0.15, 0.2) is 5.82 Å². The summed E-state index contributed by atoms with van der Waals surface area (Å²) in [4.78, 5) is 40.2. The number of nitrogen functional groups attached to an aromatic ring is 1. The lowest BCUT2D eigenvalue weighted by Crippen LogP contribution is -2.54. The standard InChI is InChI=1S/C49H58FN11O4/c1-31-26-60(47-39(31)22-37(25-52-47)59-19-13-45(63)53-48(59)64)36-10-14-49(65-30-36)15-20-56(21-16-49)27-32-11-17-57(18-12-32)42-23-33(8-9-40(42)50)61-34-6-7-35(61)29-58(28-34)43-24-41(54-55-46(43)51)38-4-2-3-5-44(38)62/h2-5,8-9,22-26,32,34-36,62H,6-7,10-21,27-30H2,1H3,(H2,51,55)(H,53,63,64)/t34?,35?,36-/m1/s1. The van der Waals surface area contributed by atoms with E-state index in [1.807, 2.05) is 30.3 Å². The third kappa shape index (κ3) is 7.87. The van der Waals surface area contributed by atoms with Gasteiger partial charge < -0.3 is 39.7 Å². The van der Waals surface area contributed by atoms with E-state index in [4.69, 9.17) is 15.5 Å². The second-order valence-corrected chi connectivity index (χ2v) is 19.3. The molecule has 15 nitrogen and oxygen atoms in total. The number of nitrogens with zero attached hydrogens (tertiary/aromatic N) is 9. The highest BCUT2D eigenvalue weighted by Crippen LogP contribution is 2.43. The second-order valence-electron chi connectivity index (χ2n) is 19.3. The molecule has 2 aromatic carbocycles. The molecular weight excluding hydrogens is 826 g/mol. The molecule has 3 amide bonds. The van der Waals surface area contributed by atoms with E-state index < -0.39 is 6.03 Å². The SMILES string of the molecule is Cc1cn([C@@H]2CCC3(CCN(CC4CCN(c5cc(N6C7CCC6CN(c6cc(-c8ccccc8O)nnc6N)C7)ccc5F)CC4)CC3)OC2)c2ncc(N3CCC(=O)NC3=O)cc12. The Bertz CT molecular complexity index is 2600.